The molecule has 1 rings (SSSR count). The zero-order valence-electron chi connectivity index (χ0n) is 9.94. The van der Waals surface area contributed by atoms with Gasteiger partial charge in [0.15, 0.2) is 0 Å². The summed E-state index contributed by atoms with van der Waals surface area (Å²) in [6.45, 7) is 1.70. The van der Waals surface area contributed by atoms with Crippen LogP contribution in [0.25, 0.3) is 0 Å². The summed E-state index contributed by atoms with van der Waals surface area (Å²) in [6.07, 6.45) is 0.384. The lowest BCUT2D eigenvalue weighted by Crippen LogP contribution is -2.18. The summed E-state index contributed by atoms with van der Waals surface area (Å²) in [5.41, 5.74) is 6.56. The first-order valence-corrected chi connectivity index (χ1v) is 7.51. The van der Waals surface area contributed by atoms with Crippen LogP contribution in [0, 0.1) is 6.92 Å². The first-order chi connectivity index (χ1) is 8.35. The third-order valence-electron chi connectivity index (χ3n) is 2.32. The van der Waals surface area contributed by atoms with Gasteiger partial charge < -0.3 is 5.73 Å². The molecule has 0 saturated carbocycles. The molecule has 0 spiro atoms. The van der Waals surface area contributed by atoms with E-state index < -0.39 is 15.9 Å². The number of hydrogen-bond acceptors (Lipinski definition) is 3. The summed E-state index contributed by atoms with van der Waals surface area (Å²) in [4.78, 5) is 11.0. The van der Waals surface area contributed by atoms with Crippen LogP contribution in [-0.2, 0) is 10.0 Å². The highest BCUT2D eigenvalue weighted by molar-refractivity contribution is 7.92. The number of carbonyl (C=O) groups excluding carboxylic acids is 1. The van der Waals surface area contributed by atoms with Gasteiger partial charge in [-0.05, 0) is 37.1 Å². The fourth-order valence-corrected chi connectivity index (χ4v) is 2.88. The van der Waals surface area contributed by atoms with Gasteiger partial charge in [0, 0.05) is 11.4 Å². The predicted octanol–water partition coefficient (Wildman–Crippen LogP) is 1.46. The number of carbonyl (C=O) groups is 1. The van der Waals surface area contributed by atoms with E-state index in [9.17, 15) is 13.2 Å². The van der Waals surface area contributed by atoms with Gasteiger partial charge in [-0.25, -0.2) is 8.42 Å². The lowest BCUT2D eigenvalue weighted by atomic mass is 10.1. The first-order valence-electron chi connectivity index (χ1n) is 5.32. The Kier molecular flexibility index (Phi) is 4.98. The Morgan fingerprint density at radius 1 is 1.44 bits per heavy atom. The summed E-state index contributed by atoms with van der Waals surface area (Å²) in [5, 5.41) is 0. The molecular formula is C11H15ClN2O3S. The molecule has 0 radical (unpaired) electrons. The van der Waals surface area contributed by atoms with Crippen molar-refractivity contribution < 1.29 is 13.2 Å². The van der Waals surface area contributed by atoms with E-state index in [2.05, 4.69) is 4.72 Å². The highest BCUT2D eigenvalue weighted by Gasteiger charge is 2.12. The Morgan fingerprint density at radius 3 is 2.61 bits per heavy atom. The van der Waals surface area contributed by atoms with Gasteiger partial charge in [-0.3, -0.25) is 9.52 Å². The van der Waals surface area contributed by atoms with Gasteiger partial charge in [-0.1, -0.05) is 0 Å². The first kappa shape index (κ1) is 14.8. The Morgan fingerprint density at radius 2 is 2.11 bits per heavy atom. The Balaban J connectivity index is 2.89. The van der Waals surface area contributed by atoms with Crippen LogP contribution in [-0.4, -0.2) is 26.0 Å². The molecule has 0 aromatic heterocycles. The van der Waals surface area contributed by atoms with E-state index in [1.165, 1.54) is 12.1 Å². The molecule has 0 aliphatic carbocycles. The maximum Gasteiger partial charge on any atom is 0.248 e. The quantitative estimate of drug-likeness (QED) is 0.777. The zero-order chi connectivity index (χ0) is 13.8. The predicted molar refractivity (Wildman–Crippen MR) is 72.4 cm³/mol. The van der Waals surface area contributed by atoms with Crippen LogP contribution in [0.3, 0.4) is 0 Å². The van der Waals surface area contributed by atoms with Crippen LogP contribution in [0.5, 0.6) is 0 Å². The summed E-state index contributed by atoms with van der Waals surface area (Å²) >= 11 is 5.45. The van der Waals surface area contributed by atoms with E-state index in [0.29, 0.717) is 29.1 Å². The Bertz CT molecular complexity index is 543. The van der Waals surface area contributed by atoms with E-state index in [1.807, 2.05) is 0 Å². The van der Waals surface area contributed by atoms with Crippen molar-refractivity contribution in [1.29, 1.82) is 0 Å². The van der Waals surface area contributed by atoms with Crippen molar-refractivity contribution in [3.05, 3.63) is 29.3 Å². The number of sulfonamides is 1. The van der Waals surface area contributed by atoms with E-state index in [4.69, 9.17) is 17.3 Å². The lowest BCUT2D eigenvalue weighted by molar-refractivity contribution is 0.1000. The van der Waals surface area contributed by atoms with Gasteiger partial charge in [0.1, 0.15) is 0 Å². The largest absolute Gasteiger partial charge is 0.366 e. The average molecular weight is 291 g/mol. The number of amides is 1. The second-order valence-electron chi connectivity index (χ2n) is 3.86. The molecule has 18 heavy (non-hydrogen) atoms. The normalized spacial score (nSPS) is 11.2. The maximum atomic E-state index is 11.7. The van der Waals surface area contributed by atoms with E-state index in [1.54, 1.807) is 13.0 Å². The molecule has 0 saturated heterocycles. The SMILES string of the molecule is Cc1cc(C(N)=O)ccc1NS(=O)(=O)CCCCl. The van der Waals surface area contributed by atoms with Gasteiger partial charge in [0.25, 0.3) is 0 Å². The summed E-state index contributed by atoms with van der Waals surface area (Å²) in [7, 11) is -3.40. The zero-order valence-corrected chi connectivity index (χ0v) is 11.5. The molecule has 1 amide bonds. The summed E-state index contributed by atoms with van der Waals surface area (Å²) in [5.74, 6) is -0.289. The molecule has 1 aromatic carbocycles. The number of hydrogen-bond donors (Lipinski definition) is 2. The van der Waals surface area contributed by atoms with Crippen LogP contribution >= 0.6 is 11.6 Å². The van der Waals surface area contributed by atoms with Crippen molar-refractivity contribution in [2.45, 2.75) is 13.3 Å². The van der Waals surface area contributed by atoms with Crippen molar-refractivity contribution in [1.82, 2.24) is 0 Å². The molecule has 0 unspecified atom stereocenters. The molecule has 7 heteroatoms. The van der Waals surface area contributed by atoms with Crippen LogP contribution in [0.2, 0.25) is 0 Å². The molecule has 0 heterocycles. The summed E-state index contributed by atoms with van der Waals surface area (Å²) < 4.78 is 25.8. The number of halogens is 1. The number of alkyl halides is 1. The molecule has 100 valence electrons. The second-order valence-corrected chi connectivity index (χ2v) is 6.08. The molecule has 1 aromatic rings. The standard InChI is InChI=1S/C11H15ClN2O3S/c1-8-7-9(11(13)15)3-4-10(8)14-18(16,17)6-2-5-12/h3-4,7,14H,2,5-6H2,1H3,(H2,13,15). The number of primary amides is 1. The van der Waals surface area contributed by atoms with Crippen molar-refractivity contribution in [2.24, 2.45) is 5.73 Å². The Hall–Kier alpha value is -1.27. The minimum absolute atomic E-state index is 0.0342. The second kappa shape index (κ2) is 6.06. The molecule has 3 N–H and O–H groups in total. The maximum absolute atomic E-state index is 11.7. The number of benzene rings is 1. The monoisotopic (exact) mass is 290 g/mol. The van der Waals surface area contributed by atoms with Gasteiger partial charge in [0.2, 0.25) is 15.9 Å². The number of nitrogens with one attached hydrogen (secondary N) is 1. The molecule has 0 bridgehead atoms. The lowest BCUT2D eigenvalue weighted by Gasteiger charge is -2.10. The smallest absolute Gasteiger partial charge is 0.248 e. The number of nitrogens with two attached hydrogens (primary N) is 1. The van der Waals surface area contributed by atoms with Crippen LogP contribution < -0.4 is 10.5 Å². The number of rotatable bonds is 6. The van der Waals surface area contributed by atoms with Gasteiger partial charge in [0.05, 0.1) is 11.4 Å². The van der Waals surface area contributed by atoms with E-state index >= 15 is 0 Å². The van der Waals surface area contributed by atoms with Crippen LogP contribution in [0.1, 0.15) is 22.3 Å². The molecule has 0 fully saturated rings. The fraction of sp³-hybridized carbons (Fsp3) is 0.364. The third-order valence-corrected chi connectivity index (χ3v) is 3.95. The van der Waals surface area contributed by atoms with Gasteiger partial charge >= 0.3 is 0 Å². The Labute approximate surface area is 111 Å². The summed E-state index contributed by atoms with van der Waals surface area (Å²) in [6, 6.07) is 4.55. The van der Waals surface area contributed by atoms with Crippen molar-refractivity contribution in [3.63, 3.8) is 0 Å². The van der Waals surface area contributed by atoms with Crippen LogP contribution in [0.15, 0.2) is 18.2 Å². The third kappa shape index (κ3) is 4.19. The van der Waals surface area contributed by atoms with E-state index in [-0.39, 0.29) is 5.75 Å². The number of aryl methyl sites for hydroxylation is 1. The van der Waals surface area contributed by atoms with Crippen molar-refractivity contribution in [2.75, 3.05) is 16.4 Å². The number of anilines is 1. The molecular weight excluding hydrogens is 276 g/mol. The molecule has 0 aliphatic rings. The molecule has 0 atom stereocenters. The minimum Gasteiger partial charge on any atom is -0.366 e. The van der Waals surface area contributed by atoms with Crippen molar-refractivity contribution in [3.8, 4) is 0 Å². The van der Waals surface area contributed by atoms with Crippen LogP contribution in [0.4, 0.5) is 5.69 Å². The van der Waals surface area contributed by atoms with Gasteiger partial charge in [-0.2, -0.15) is 0 Å². The fourth-order valence-electron chi connectivity index (χ4n) is 1.39. The van der Waals surface area contributed by atoms with Gasteiger partial charge in [-0.15, -0.1) is 11.6 Å². The average Bonchev–Trinajstić information content (AvgIpc) is 2.29. The van der Waals surface area contributed by atoms with Crippen molar-refractivity contribution >= 4 is 33.2 Å². The minimum atomic E-state index is -3.40. The highest BCUT2D eigenvalue weighted by atomic mass is 35.5. The highest BCUT2D eigenvalue weighted by Crippen LogP contribution is 2.18. The van der Waals surface area contributed by atoms with E-state index in [0.717, 1.165) is 0 Å². The topological polar surface area (TPSA) is 89.3 Å². The molecule has 5 nitrogen and oxygen atoms in total. The molecule has 0 aliphatic heterocycles.